The van der Waals surface area contributed by atoms with Gasteiger partial charge in [-0.2, -0.15) is 18.3 Å². The van der Waals surface area contributed by atoms with Gasteiger partial charge in [-0.3, -0.25) is 4.68 Å². The van der Waals surface area contributed by atoms with E-state index in [4.69, 9.17) is 5.73 Å². The van der Waals surface area contributed by atoms with E-state index in [2.05, 4.69) is 10.00 Å². The van der Waals surface area contributed by atoms with Crippen LogP contribution in [0.25, 0.3) is 22.2 Å². The molecular formula is C26H22F6N4. The van der Waals surface area contributed by atoms with E-state index in [-0.39, 0.29) is 22.6 Å². The fourth-order valence-electron chi connectivity index (χ4n) is 4.68. The van der Waals surface area contributed by atoms with E-state index in [1.807, 2.05) is 12.1 Å². The number of nitrogens with two attached hydrogens (primary N) is 1. The molecule has 0 unspecified atom stereocenters. The molecule has 1 aliphatic rings. The summed E-state index contributed by atoms with van der Waals surface area (Å²) in [7, 11) is 0. The van der Waals surface area contributed by atoms with Crippen molar-refractivity contribution >= 4 is 16.6 Å². The van der Waals surface area contributed by atoms with Crippen molar-refractivity contribution in [1.29, 1.82) is 0 Å². The number of nitrogens with zero attached hydrogens (tertiary/aromatic N) is 3. The van der Waals surface area contributed by atoms with E-state index in [0.29, 0.717) is 17.7 Å². The number of hydrogen-bond acceptors (Lipinski definition) is 3. The SMILES string of the molecule is NC1CCN(c2cccc(-c3c4cccc(C(F)(F)F)c4nn3Cc3c(F)cc(F)cc3F)c2)CC1. The highest BCUT2D eigenvalue weighted by Crippen LogP contribution is 2.39. The lowest BCUT2D eigenvalue weighted by Gasteiger charge is -2.32. The van der Waals surface area contributed by atoms with Gasteiger partial charge in [-0.1, -0.05) is 24.3 Å². The van der Waals surface area contributed by atoms with Crippen LogP contribution in [0.4, 0.5) is 32.0 Å². The van der Waals surface area contributed by atoms with Gasteiger partial charge in [0.25, 0.3) is 0 Å². The normalized spacial score (nSPS) is 15.1. The molecule has 1 aromatic heterocycles. The first kappa shape index (κ1) is 24.2. The molecule has 0 radical (unpaired) electrons. The number of alkyl halides is 3. The highest BCUT2D eigenvalue weighted by Gasteiger charge is 2.35. The highest BCUT2D eigenvalue weighted by atomic mass is 19.4. The molecule has 3 aromatic carbocycles. The van der Waals surface area contributed by atoms with E-state index in [1.54, 1.807) is 12.1 Å². The molecule has 2 N–H and O–H groups in total. The summed E-state index contributed by atoms with van der Waals surface area (Å²) in [5.41, 5.74) is 5.87. The smallest absolute Gasteiger partial charge is 0.371 e. The molecule has 0 bridgehead atoms. The van der Waals surface area contributed by atoms with E-state index in [1.165, 1.54) is 12.1 Å². The van der Waals surface area contributed by atoms with Gasteiger partial charge in [0.05, 0.1) is 17.8 Å². The van der Waals surface area contributed by atoms with Gasteiger partial charge in [0.15, 0.2) is 0 Å². The zero-order valence-corrected chi connectivity index (χ0v) is 19.0. The van der Waals surface area contributed by atoms with Gasteiger partial charge in [0.1, 0.15) is 23.0 Å². The van der Waals surface area contributed by atoms with Crippen LogP contribution in [-0.4, -0.2) is 28.9 Å². The zero-order chi connectivity index (χ0) is 25.6. The first-order valence-electron chi connectivity index (χ1n) is 11.4. The molecule has 36 heavy (non-hydrogen) atoms. The minimum Gasteiger partial charge on any atom is -0.371 e. The Morgan fingerprint density at radius 3 is 2.25 bits per heavy atom. The van der Waals surface area contributed by atoms with Crippen molar-refractivity contribution < 1.29 is 26.3 Å². The van der Waals surface area contributed by atoms with Crippen LogP contribution < -0.4 is 10.6 Å². The number of rotatable bonds is 4. The van der Waals surface area contributed by atoms with Gasteiger partial charge in [0, 0.05) is 53.5 Å². The molecule has 10 heteroatoms. The van der Waals surface area contributed by atoms with Crippen LogP contribution in [0.5, 0.6) is 0 Å². The van der Waals surface area contributed by atoms with Crippen molar-refractivity contribution in [3.63, 3.8) is 0 Å². The van der Waals surface area contributed by atoms with Gasteiger partial charge in [-0.05, 0) is 31.0 Å². The average Bonchev–Trinajstić information content (AvgIpc) is 3.19. The van der Waals surface area contributed by atoms with Crippen LogP contribution in [-0.2, 0) is 12.7 Å². The Balaban J connectivity index is 1.68. The summed E-state index contributed by atoms with van der Waals surface area (Å²) in [4.78, 5) is 2.14. The van der Waals surface area contributed by atoms with Crippen molar-refractivity contribution in [2.45, 2.75) is 31.6 Å². The van der Waals surface area contributed by atoms with Crippen LogP contribution >= 0.6 is 0 Å². The number of piperidine rings is 1. The Hall–Kier alpha value is -3.53. The number of aromatic nitrogens is 2. The van der Waals surface area contributed by atoms with Crippen LogP contribution in [0.1, 0.15) is 24.0 Å². The molecule has 0 saturated carbocycles. The Morgan fingerprint density at radius 1 is 0.917 bits per heavy atom. The predicted molar refractivity (Wildman–Crippen MR) is 125 cm³/mol. The Morgan fingerprint density at radius 2 is 1.58 bits per heavy atom. The summed E-state index contributed by atoms with van der Waals surface area (Å²) in [5, 5.41) is 4.33. The molecule has 4 aromatic rings. The summed E-state index contributed by atoms with van der Waals surface area (Å²) < 4.78 is 84.9. The van der Waals surface area contributed by atoms with Crippen LogP contribution in [0.15, 0.2) is 54.6 Å². The van der Waals surface area contributed by atoms with Gasteiger partial charge in [-0.25, -0.2) is 13.2 Å². The number of fused-ring (bicyclic) bond motifs is 1. The monoisotopic (exact) mass is 504 g/mol. The molecular weight excluding hydrogens is 482 g/mol. The second kappa shape index (κ2) is 9.16. The van der Waals surface area contributed by atoms with Gasteiger partial charge >= 0.3 is 6.18 Å². The Bertz CT molecular complexity index is 1400. The van der Waals surface area contributed by atoms with E-state index < -0.39 is 41.3 Å². The maximum absolute atomic E-state index is 14.5. The lowest BCUT2D eigenvalue weighted by molar-refractivity contribution is -0.136. The lowest BCUT2D eigenvalue weighted by atomic mass is 10.0. The van der Waals surface area contributed by atoms with Gasteiger partial charge in [-0.15, -0.1) is 0 Å². The topological polar surface area (TPSA) is 47.1 Å². The molecule has 1 aliphatic heterocycles. The van der Waals surface area contributed by atoms with Crippen molar-refractivity contribution in [2.24, 2.45) is 5.73 Å². The van der Waals surface area contributed by atoms with Crippen LogP contribution in [0.2, 0.25) is 0 Å². The maximum Gasteiger partial charge on any atom is 0.418 e. The summed E-state index contributed by atoms with van der Waals surface area (Å²) in [6.07, 6.45) is -3.07. The predicted octanol–water partition coefficient (Wildman–Crippen LogP) is 6.12. The summed E-state index contributed by atoms with van der Waals surface area (Å²) in [6.45, 7) is 0.936. The average molecular weight is 504 g/mol. The summed E-state index contributed by atoms with van der Waals surface area (Å²) in [6, 6.07) is 12.1. The maximum atomic E-state index is 14.5. The van der Waals surface area contributed by atoms with Crippen molar-refractivity contribution in [3.05, 3.63) is 83.2 Å². The van der Waals surface area contributed by atoms with Crippen LogP contribution in [0, 0.1) is 17.5 Å². The number of anilines is 1. The minimum absolute atomic E-state index is 0.121. The zero-order valence-electron chi connectivity index (χ0n) is 19.0. The number of benzene rings is 3. The fourth-order valence-corrected chi connectivity index (χ4v) is 4.68. The molecule has 0 aliphatic carbocycles. The number of hydrogen-bond donors (Lipinski definition) is 1. The van der Waals surface area contributed by atoms with Crippen molar-refractivity contribution in [3.8, 4) is 11.3 Å². The van der Waals surface area contributed by atoms with E-state index in [9.17, 15) is 26.3 Å². The number of halogens is 6. The summed E-state index contributed by atoms with van der Waals surface area (Å²) in [5.74, 6) is -3.38. The standard InChI is InChI=1S/C26H22F6N4/c27-16-12-22(28)20(23(29)13-16)14-36-25(19-5-2-6-21(24(19)34-36)26(30,31)32)15-3-1-4-18(11-15)35-9-7-17(33)8-10-35/h1-6,11-13,17H,7-10,14,33H2. The Labute approximate surface area is 202 Å². The van der Waals surface area contributed by atoms with Crippen molar-refractivity contribution in [2.75, 3.05) is 18.0 Å². The molecule has 5 rings (SSSR count). The first-order chi connectivity index (χ1) is 17.1. The Kier molecular flexibility index (Phi) is 6.15. The molecule has 0 atom stereocenters. The largest absolute Gasteiger partial charge is 0.418 e. The minimum atomic E-state index is -4.68. The van der Waals surface area contributed by atoms with E-state index in [0.717, 1.165) is 42.4 Å². The molecule has 0 spiro atoms. The molecule has 1 saturated heterocycles. The van der Waals surface area contributed by atoms with Gasteiger partial charge < -0.3 is 10.6 Å². The third-order valence-electron chi connectivity index (χ3n) is 6.51. The molecule has 1 fully saturated rings. The van der Waals surface area contributed by atoms with Crippen LogP contribution in [0.3, 0.4) is 0 Å². The molecule has 0 amide bonds. The second-order valence-electron chi connectivity index (χ2n) is 8.93. The third kappa shape index (κ3) is 4.53. The van der Waals surface area contributed by atoms with E-state index >= 15 is 0 Å². The van der Waals surface area contributed by atoms with Gasteiger partial charge in [0.2, 0.25) is 0 Å². The fraction of sp³-hybridized carbons (Fsp3) is 0.269. The van der Waals surface area contributed by atoms with Crippen molar-refractivity contribution in [1.82, 2.24) is 9.78 Å². The quantitative estimate of drug-likeness (QED) is 0.341. The molecule has 188 valence electrons. The summed E-state index contributed by atoms with van der Waals surface area (Å²) >= 11 is 0. The lowest BCUT2D eigenvalue weighted by Crippen LogP contribution is -2.39. The molecule has 2 heterocycles. The second-order valence-corrected chi connectivity index (χ2v) is 8.93. The molecule has 4 nitrogen and oxygen atoms in total. The first-order valence-corrected chi connectivity index (χ1v) is 11.4. The third-order valence-corrected chi connectivity index (χ3v) is 6.51. The highest BCUT2D eigenvalue weighted by molar-refractivity contribution is 5.95.